The molecule has 0 amide bonds. The first-order chi connectivity index (χ1) is 14.6. The number of ether oxygens (including phenoxy) is 1. The summed E-state index contributed by atoms with van der Waals surface area (Å²) in [5.41, 5.74) is 4.47. The van der Waals surface area contributed by atoms with Crippen LogP contribution in [0.2, 0.25) is 0 Å². The highest BCUT2D eigenvalue weighted by atomic mass is 19.1. The van der Waals surface area contributed by atoms with Gasteiger partial charge < -0.3 is 14.7 Å². The van der Waals surface area contributed by atoms with Crippen molar-refractivity contribution in [3.05, 3.63) is 53.6 Å². The van der Waals surface area contributed by atoms with Crippen molar-refractivity contribution >= 4 is 43.6 Å². The van der Waals surface area contributed by atoms with Gasteiger partial charge in [0, 0.05) is 39.1 Å². The number of aromatic nitrogens is 2. The minimum Gasteiger partial charge on any atom is -0.492 e. The number of rotatable bonds is 3. The summed E-state index contributed by atoms with van der Waals surface area (Å²) in [7, 11) is 1.63. The highest BCUT2D eigenvalue weighted by Gasteiger charge is 2.24. The summed E-state index contributed by atoms with van der Waals surface area (Å²) in [6.45, 7) is 2.79. The van der Waals surface area contributed by atoms with Crippen molar-refractivity contribution in [2.45, 2.75) is 19.4 Å². The summed E-state index contributed by atoms with van der Waals surface area (Å²) in [6.07, 6.45) is 2.35. The van der Waals surface area contributed by atoms with E-state index in [0.29, 0.717) is 5.75 Å². The first kappa shape index (κ1) is 17.7. The van der Waals surface area contributed by atoms with Gasteiger partial charge in [-0.15, -0.1) is 0 Å². The Morgan fingerprint density at radius 3 is 1.90 bits per heavy atom. The fraction of sp³-hybridized carbons (Fsp3) is 0.250. The fourth-order valence-electron chi connectivity index (χ4n) is 5.07. The van der Waals surface area contributed by atoms with Crippen molar-refractivity contribution in [3.8, 4) is 5.75 Å². The Kier molecular flexibility index (Phi) is 3.80. The standard InChI is InChI=1S/C24H21F2N3O/c1-30-24-22-20(15-10-13(25)4-6-18(15)27-22)17(12-29-8-2-3-9-29)21-16-11-14(26)5-7-19(16)28-23(21)24/h4-7,10-11,27-28H,2-3,8-9,12H2,1H3. The summed E-state index contributed by atoms with van der Waals surface area (Å²) in [4.78, 5) is 9.28. The van der Waals surface area contributed by atoms with E-state index in [4.69, 9.17) is 4.74 Å². The smallest absolute Gasteiger partial charge is 0.167 e. The van der Waals surface area contributed by atoms with Crippen LogP contribution in [0, 0.1) is 11.6 Å². The van der Waals surface area contributed by atoms with E-state index in [1.165, 1.54) is 25.0 Å². The average Bonchev–Trinajstić information content (AvgIpc) is 3.45. The van der Waals surface area contributed by atoms with Gasteiger partial charge in [-0.3, -0.25) is 4.90 Å². The second-order valence-corrected chi connectivity index (χ2v) is 8.12. The second-order valence-electron chi connectivity index (χ2n) is 8.12. The molecule has 1 fully saturated rings. The maximum absolute atomic E-state index is 14.2. The van der Waals surface area contributed by atoms with Crippen LogP contribution in [0.4, 0.5) is 8.78 Å². The van der Waals surface area contributed by atoms with Crippen molar-refractivity contribution in [1.82, 2.24) is 14.9 Å². The first-order valence-corrected chi connectivity index (χ1v) is 10.3. The first-order valence-electron chi connectivity index (χ1n) is 10.3. The van der Waals surface area contributed by atoms with Crippen LogP contribution in [-0.4, -0.2) is 35.1 Å². The number of methoxy groups -OCH3 is 1. The van der Waals surface area contributed by atoms with Crippen LogP contribution in [0.15, 0.2) is 36.4 Å². The molecule has 0 radical (unpaired) electrons. The molecule has 6 heteroatoms. The zero-order chi connectivity index (χ0) is 20.4. The van der Waals surface area contributed by atoms with Gasteiger partial charge in [-0.05, 0) is 67.9 Å². The number of likely N-dealkylation sites (tertiary alicyclic amines) is 1. The molecule has 2 aromatic heterocycles. The Morgan fingerprint density at radius 1 is 0.867 bits per heavy atom. The van der Waals surface area contributed by atoms with Crippen LogP contribution < -0.4 is 4.74 Å². The molecule has 0 unspecified atom stereocenters. The van der Waals surface area contributed by atoms with Gasteiger partial charge in [0.25, 0.3) is 0 Å². The number of aromatic amines is 2. The highest BCUT2D eigenvalue weighted by Crippen LogP contribution is 2.44. The Morgan fingerprint density at radius 2 is 1.40 bits per heavy atom. The van der Waals surface area contributed by atoms with Crippen molar-refractivity contribution < 1.29 is 13.5 Å². The van der Waals surface area contributed by atoms with Crippen LogP contribution in [-0.2, 0) is 6.54 Å². The Bertz CT molecular complexity index is 1350. The SMILES string of the molecule is COc1c2[nH]c3ccc(F)cc3c2c(CN2CCCC2)c2c1[nH]c1ccc(F)cc12. The van der Waals surface area contributed by atoms with Crippen molar-refractivity contribution in [3.63, 3.8) is 0 Å². The zero-order valence-electron chi connectivity index (χ0n) is 16.6. The van der Waals surface area contributed by atoms with E-state index < -0.39 is 0 Å². The number of halogens is 2. The number of nitrogens with zero attached hydrogens (tertiary/aromatic N) is 1. The summed E-state index contributed by atoms with van der Waals surface area (Å²) >= 11 is 0. The predicted octanol–water partition coefficient (Wildman–Crippen LogP) is 5.84. The third-order valence-corrected chi connectivity index (χ3v) is 6.36. The Hall–Kier alpha value is -3.12. The zero-order valence-corrected chi connectivity index (χ0v) is 16.6. The number of nitrogens with one attached hydrogen (secondary N) is 2. The van der Waals surface area contributed by atoms with Gasteiger partial charge >= 0.3 is 0 Å². The van der Waals surface area contributed by atoms with E-state index >= 15 is 0 Å². The van der Waals surface area contributed by atoms with Gasteiger partial charge in [0.15, 0.2) is 5.75 Å². The minimum atomic E-state index is -0.278. The third kappa shape index (κ3) is 2.46. The molecule has 3 aromatic carbocycles. The monoisotopic (exact) mass is 405 g/mol. The van der Waals surface area contributed by atoms with Gasteiger partial charge in [0.05, 0.1) is 18.1 Å². The van der Waals surface area contributed by atoms with Crippen molar-refractivity contribution in [2.75, 3.05) is 20.2 Å². The summed E-state index contributed by atoms with van der Waals surface area (Å²) in [5, 5.41) is 3.55. The van der Waals surface area contributed by atoms with E-state index in [1.807, 2.05) is 0 Å². The molecule has 152 valence electrons. The molecule has 0 atom stereocenters. The number of fused-ring (bicyclic) bond motifs is 6. The second kappa shape index (κ2) is 6.44. The maximum atomic E-state index is 14.2. The number of benzene rings is 3. The molecule has 3 heterocycles. The van der Waals surface area contributed by atoms with Crippen LogP contribution in [0.25, 0.3) is 43.6 Å². The van der Waals surface area contributed by atoms with Crippen LogP contribution in [0.1, 0.15) is 18.4 Å². The normalized spacial score (nSPS) is 15.3. The molecular weight excluding hydrogens is 384 g/mol. The molecular formula is C24H21F2N3O. The van der Waals surface area contributed by atoms with E-state index in [0.717, 1.165) is 68.8 Å². The molecule has 4 nitrogen and oxygen atoms in total. The van der Waals surface area contributed by atoms with Crippen LogP contribution in [0.3, 0.4) is 0 Å². The molecule has 2 N–H and O–H groups in total. The fourth-order valence-corrected chi connectivity index (χ4v) is 5.07. The minimum absolute atomic E-state index is 0.278. The molecule has 6 rings (SSSR count). The number of hydrogen-bond donors (Lipinski definition) is 2. The van der Waals surface area contributed by atoms with Gasteiger partial charge in [0.1, 0.15) is 11.6 Å². The van der Waals surface area contributed by atoms with Gasteiger partial charge in [0.2, 0.25) is 0 Å². The molecule has 1 aliphatic rings. The lowest BCUT2D eigenvalue weighted by atomic mass is 9.98. The summed E-state index contributed by atoms with van der Waals surface area (Å²) < 4.78 is 34.2. The molecule has 5 aromatic rings. The Balaban J connectivity index is 1.83. The van der Waals surface area contributed by atoms with E-state index in [1.54, 1.807) is 31.4 Å². The molecule has 0 bridgehead atoms. The van der Waals surface area contributed by atoms with Crippen molar-refractivity contribution in [2.24, 2.45) is 0 Å². The molecule has 1 saturated heterocycles. The van der Waals surface area contributed by atoms with Crippen LogP contribution in [0.5, 0.6) is 5.75 Å². The summed E-state index contributed by atoms with van der Waals surface area (Å²) in [5.74, 6) is 0.109. The predicted molar refractivity (Wildman–Crippen MR) is 116 cm³/mol. The molecule has 30 heavy (non-hydrogen) atoms. The number of hydrogen-bond acceptors (Lipinski definition) is 2. The molecule has 0 spiro atoms. The van der Waals surface area contributed by atoms with E-state index in [-0.39, 0.29) is 11.6 Å². The lowest BCUT2D eigenvalue weighted by molar-refractivity contribution is 0.334. The van der Waals surface area contributed by atoms with E-state index in [9.17, 15) is 8.78 Å². The van der Waals surface area contributed by atoms with Crippen molar-refractivity contribution in [1.29, 1.82) is 0 Å². The van der Waals surface area contributed by atoms with Crippen LogP contribution >= 0.6 is 0 Å². The maximum Gasteiger partial charge on any atom is 0.167 e. The van der Waals surface area contributed by atoms with E-state index in [2.05, 4.69) is 14.9 Å². The quantitative estimate of drug-likeness (QED) is 0.396. The van der Waals surface area contributed by atoms with Gasteiger partial charge in [-0.2, -0.15) is 0 Å². The lowest BCUT2D eigenvalue weighted by Crippen LogP contribution is -2.18. The average molecular weight is 405 g/mol. The molecule has 0 aliphatic carbocycles. The molecule has 0 saturated carbocycles. The number of H-pyrrole nitrogens is 2. The van der Waals surface area contributed by atoms with Gasteiger partial charge in [-0.1, -0.05) is 0 Å². The highest BCUT2D eigenvalue weighted by molar-refractivity contribution is 6.23. The van der Waals surface area contributed by atoms with Gasteiger partial charge in [-0.25, -0.2) is 8.78 Å². The Labute approximate surface area is 171 Å². The molecule has 1 aliphatic heterocycles. The third-order valence-electron chi connectivity index (χ3n) is 6.36. The lowest BCUT2D eigenvalue weighted by Gasteiger charge is -2.18. The largest absolute Gasteiger partial charge is 0.492 e. The summed E-state index contributed by atoms with van der Waals surface area (Å²) in [6, 6.07) is 9.58. The topological polar surface area (TPSA) is 44.0 Å².